The van der Waals surface area contributed by atoms with Gasteiger partial charge < -0.3 is 10.0 Å². The van der Waals surface area contributed by atoms with Crippen molar-refractivity contribution >= 4 is 5.91 Å². The highest BCUT2D eigenvalue weighted by atomic mass is 19.1. The average molecular weight is 255 g/mol. The third kappa shape index (κ3) is 2.51. The summed E-state index contributed by atoms with van der Waals surface area (Å²) in [5.74, 6) is -2.01. The molecular weight excluding hydrogens is 240 g/mol. The van der Waals surface area contributed by atoms with Gasteiger partial charge in [0.2, 0.25) is 0 Å². The lowest BCUT2D eigenvalue weighted by molar-refractivity contribution is 0.0469. The van der Waals surface area contributed by atoms with Crippen molar-refractivity contribution in [2.75, 3.05) is 13.1 Å². The number of aliphatic hydroxyl groups excluding tert-OH is 1. The van der Waals surface area contributed by atoms with Gasteiger partial charge in [0.15, 0.2) is 0 Å². The Morgan fingerprint density at radius 3 is 2.78 bits per heavy atom. The fraction of sp³-hybridized carbons (Fsp3) is 0.462. The summed E-state index contributed by atoms with van der Waals surface area (Å²) < 4.78 is 26.7. The van der Waals surface area contributed by atoms with Crippen molar-refractivity contribution in [1.82, 2.24) is 4.90 Å². The summed E-state index contributed by atoms with van der Waals surface area (Å²) in [6.45, 7) is 2.18. The molecule has 1 amide bonds. The van der Waals surface area contributed by atoms with Gasteiger partial charge in [-0.3, -0.25) is 4.79 Å². The Hall–Kier alpha value is -1.49. The molecule has 0 aromatic heterocycles. The molecule has 2 rings (SSSR count). The van der Waals surface area contributed by atoms with Crippen molar-refractivity contribution in [3.05, 3.63) is 34.9 Å². The Labute approximate surface area is 104 Å². The highest BCUT2D eigenvalue weighted by Gasteiger charge is 2.25. The smallest absolute Gasteiger partial charge is 0.256 e. The predicted molar refractivity (Wildman–Crippen MR) is 62.2 cm³/mol. The fourth-order valence-electron chi connectivity index (χ4n) is 2.13. The molecule has 1 aromatic rings. The second-order valence-corrected chi connectivity index (χ2v) is 4.63. The summed E-state index contributed by atoms with van der Waals surface area (Å²) in [4.78, 5) is 13.5. The minimum atomic E-state index is -0.858. The lowest BCUT2D eigenvalue weighted by Gasteiger charge is -2.30. The molecule has 0 saturated carbocycles. The van der Waals surface area contributed by atoms with Crippen LogP contribution >= 0.6 is 0 Å². The van der Waals surface area contributed by atoms with Crippen LogP contribution in [0.4, 0.5) is 8.78 Å². The Kier molecular flexibility index (Phi) is 3.61. The van der Waals surface area contributed by atoms with Crippen LogP contribution in [0, 0.1) is 18.6 Å². The van der Waals surface area contributed by atoms with Crippen LogP contribution in [0.5, 0.6) is 0 Å². The van der Waals surface area contributed by atoms with E-state index >= 15 is 0 Å². The van der Waals surface area contributed by atoms with Gasteiger partial charge in [0.25, 0.3) is 5.91 Å². The van der Waals surface area contributed by atoms with Gasteiger partial charge in [0.1, 0.15) is 11.6 Å². The predicted octanol–water partition coefficient (Wildman–Crippen LogP) is 1.87. The van der Waals surface area contributed by atoms with Gasteiger partial charge in [0.05, 0.1) is 11.7 Å². The van der Waals surface area contributed by atoms with Gasteiger partial charge in [0, 0.05) is 19.2 Å². The number of carbonyl (C=O) groups excluding carboxylic acids is 1. The minimum Gasteiger partial charge on any atom is -0.391 e. The third-order valence-electron chi connectivity index (χ3n) is 3.16. The van der Waals surface area contributed by atoms with Gasteiger partial charge in [-0.15, -0.1) is 0 Å². The molecule has 1 aliphatic heterocycles. The molecule has 0 unspecified atom stereocenters. The molecule has 0 aliphatic carbocycles. The number of halogens is 2. The average Bonchev–Trinajstić information content (AvgIpc) is 2.33. The Morgan fingerprint density at radius 2 is 2.11 bits per heavy atom. The molecule has 18 heavy (non-hydrogen) atoms. The summed E-state index contributed by atoms with van der Waals surface area (Å²) in [6, 6.07) is 1.94. The van der Waals surface area contributed by atoms with Crippen LogP contribution in [-0.2, 0) is 0 Å². The zero-order valence-electron chi connectivity index (χ0n) is 10.1. The van der Waals surface area contributed by atoms with Crippen LogP contribution in [0.3, 0.4) is 0 Å². The number of rotatable bonds is 1. The standard InChI is InChI=1S/C13H15F2NO2/c1-8-5-10(12(15)6-11(8)14)13(18)16-4-2-3-9(17)7-16/h5-6,9,17H,2-4,7H2,1H3/t9-/m0/s1. The van der Waals surface area contributed by atoms with Gasteiger partial charge in [-0.25, -0.2) is 8.78 Å². The number of nitrogens with zero attached hydrogens (tertiary/aromatic N) is 1. The normalized spacial score (nSPS) is 20.0. The van der Waals surface area contributed by atoms with E-state index in [-0.39, 0.29) is 17.7 Å². The second kappa shape index (κ2) is 5.02. The highest BCUT2D eigenvalue weighted by molar-refractivity contribution is 5.94. The van der Waals surface area contributed by atoms with Crippen molar-refractivity contribution in [1.29, 1.82) is 0 Å². The van der Waals surface area contributed by atoms with E-state index in [2.05, 4.69) is 0 Å². The largest absolute Gasteiger partial charge is 0.391 e. The van der Waals surface area contributed by atoms with Crippen LogP contribution in [0.1, 0.15) is 28.8 Å². The topological polar surface area (TPSA) is 40.5 Å². The van der Waals surface area contributed by atoms with Crippen LogP contribution < -0.4 is 0 Å². The first-order chi connectivity index (χ1) is 8.49. The summed E-state index contributed by atoms with van der Waals surface area (Å²) in [7, 11) is 0. The van der Waals surface area contributed by atoms with Crippen LogP contribution in [0.2, 0.25) is 0 Å². The third-order valence-corrected chi connectivity index (χ3v) is 3.16. The molecule has 0 bridgehead atoms. The lowest BCUT2D eigenvalue weighted by Crippen LogP contribution is -2.42. The molecule has 98 valence electrons. The summed E-state index contributed by atoms with van der Waals surface area (Å²) >= 11 is 0. The van der Waals surface area contributed by atoms with E-state index in [1.807, 2.05) is 0 Å². The molecule has 0 spiro atoms. The van der Waals surface area contributed by atoms with E-state index in [9.17, 15) is 18.7 Å². The quantitative estimate of drug-likeness (QED) is 0.832. The number of hydrogen-bond donors (Lipinski definition) is 1. The van der Waals surface area contributed by atoms with Gasteiger partial charge in [-0.05, 0) is 31.4 Å². The van der Waals surface area contributed by atoms with E-state index in [1.165, 1.54) is 17.9 Å². The first kappa shape index (κ1) is 13.0. The van der Waals surface area contributed by atoms with Crippen molar-refractivity contribution in [3.63, 3.8) is 0 Å². The van der Waals surface area contributed by atoms with Crippen molar-refractivity contribution in [2.45, 2.75) is 25.9 Å². The van der Waals surface area contributed by atoms with Gasteiger partial charge in [-0.2, -0.15) is 0 Å². The van der Waals surface area contributed by atoms with Crippen LogP contribution in [0.15, 0.2) is 12.1 Å². The number of benzene rings is 1. The first-order valence-electron chi connectivity index (χ1n) is 5.92. The molecule has 1 aliphatic rings. The van der Waals surface area contributed by atoms with E-state index in [0.29, 0.717) is 19.4 Å². The summed E-state index contributed by atoms with van der Waals surface area (Å²) in [5, 5.41) is 9.50. The SMILES string of the molecule is Cc1cc(C(=O)N2CCC[C@H](O)C2)c(F)cc1F. The monoisotopic (exact) mass is 255 g/mol. The molecule has 0 radical (unpaired) electrons. The lowest BCUT2D eigenvalue weighted by atomic mass is 10.1. The molecule has 1 atom stereocenters. The Bertz CT molecular complexity index is 476. The number of hydrogen-bond acceptors (Lipinski definition) is 2. The number of aryl methyl sites for hydroxylation is 1. The maximum absolute atomic E-state index is 13.6. The number of aliphatic hydroxyl groups is 1. The van der Waals surface area contributed by atoms with Crippen molar-refractivity contribution in [2.24, 2.45) is 0 Å². The van der Waals surface area contributed by atoms with Crippen molar-refractivity contribution < 1.29 is 18.7 Å². The van der Waals surface area contributed by atoms with Crippen molar-refractivity contribution in [3.8, 4) is 0 Å². The maximum Gasteiger partial charge on any atom is 0.256 e. The molecule has 1 N–H and O–H groups in total. The molecule has 1 saturated heterocycles. The van der Waals surface area contributed by atoms with E-state index in [1.54, 1.807) is 0 Å². The molecular formula is C13H15F2NO2. The number of carbonyl (C=O) groups is 1. The van der Waals surface area contributed by atoms with E-state index in [0.717, 1.165) is 6.07 Å². The zero-order chi connectivity index (χ0) is 13.3. The molecule has 1 heterocycles. The number of likely N-dealkylation sites (tertiary alicyclic amines) is 1. The highest BCUT2D eigenvalue weighted by Crippen LogP contribution is 2.18. The van der Waals surface area contributed by atoms with E-state index < -0.39 is 23.6 Å². The molecule has 3 nitrogen and oxygen atoms in total. The molecule has 1 aromatic carbocycles. The van der Waals surface area contributed by atoms with E-state index in [4.69, 9.17) is 0 Å². The van der Waals surface area contributed by atoms with Crippen LogP contribution in [0.25, 0.3) is 0 Å². The summed E-state index contributed by atoms with van der Waals surface area (Å²) in [5.41, 5.74) is 0.0975. The fourth-order valence-corrected chi connectivity index (χ4v) is 2.13. The zero-order valence-corrected chi connectivity index (χ0v) is 10.1. The van der Waals surface area contributed by atoms with Gasteiger partial charge in [-0.1, -0.05) is 0 Å². The number of piperidine rings is 1. The Morgan fingerprint density at radius 1 is 1.39 bits per heavy atom. The minimum absolute atomic E-state index is 0.136. The Balaban J connectivity index is 2.25. The molecule has 1 fully saturated rings. The first-order valence-corrected chi connectivity index (χ1v) is 5.92. The number of amides is 1. The van der Waals surface area contributed by atoms with Gasteiger partial charge >= 0.3 is 0 Å². The molecule has 5 heteroatoms. The van der Waals surface area contributed by atoms with Crippen LogP contribution in [-0.4, -0.2) is 35.1 Å². The summed E-state index contributed by atoms with van der Waals surface area (Å²) in [6.07, 6.45) is 0.774. The second-order valence-electron chi connectivity index (χ2n) is 4.63. The number of β-amino-alcohol motifs (C(OH)–C–C–N with tert-alkyl or cyclic N) is 1. The maximum atomic E-state index is 13.6.